The van der Waals surface area contributed by atoms with E-state index in [2.05, 4.69) is 5.32 Å². The SMILES string of the molecule is CC(CS(C)(=O)=O)N1C(=O)CNC1c1ccc(F)c(F)c1. The fraction of sp³-hybridized carbons (Fsp3) is 0.462. The molecule has 0 saturated carbocycles. The second-order valence-corrected chi connectivity index (χ2v) is 7.38. The van der Waals surface area contributed by atoms with Crippen LogP contribution in [0.5, 0.6) is 0 Å². The highest BCUT2D eigenvalue weighted by Gasteiger charge is 2.36. The van der Waals surface area contributed by atoms with Crippen LogP contribution < -0.4 is 5.32 Å². The molecular weight excluding hydrogens is 302 g/mol. The summed E-state index contributed by atoms with van der Waals surface area (Å²) in [7, 11) is -3.26. The number of carbonyl (C=O) groups excluding carboxylic acids is 1. The van der Waals surface area contributed by atoms with Crippen molar-refractivity contribution >= 4 is 15.7 Å². The summed E-state index contributed by atoms with van der Waals surface area (Å²) in [5, 5.41) is 2.88. The highest BCUT2D eigenvalue weighted by molar-refractivity contribution is 7.90. The van der Waals surface area contributed by atoms with E-state index in [1.807, 2.05) is 0 Å². The molecule has 0 radical (unpaired) electrons. The van der Waals surface area contributed by atoms with Gasteiger partial charge in [-0.05, 0) is 24.6 Å². The van der Waals surface area contributed by atoms with Crippen LogP contribution in [0.1, 0.15) is 18.7 Å². The van der Waals surface area contributed by atoms with E-state index < -0.39 is 33.7 Å². The number of nitrogens with zero attached hydrogens (tertiary/aromatic N) is 1. The summed E-state index contributed by atoms with van der Waals surface area (Å²) < 4.78 is 49.1. The zero-order valence-electron chi connectivity index (χ0n) is 11.6. The van der Waals surface area contributed by atoms with Gasteiger partial charge in [0.1, 0.15) is 16.0 Å². The van der Waals surface area contributed by atoms with Gasteiger partial charge in [-0.1, -0.05) is 6.07 Å². The number of carbonyl (C=O) groups is 1. The van der Waals surface area contributed by atoms with Gasteiger partial charge in [0, 0.05) is 12.3 Å². The van der Waals surface area contributed by atoms with Crippen LogP contribution in [0.15, 0.2) is 18.2 Å². The van der Waals surface area contributed by atoms with Crippen molar-refractivity contribution in [3.63, 3.8) is 0 Å². The van der Waals surface area contributed by atoms with Crippen LogP contribution in [0.25, 0.3) is 0 Å². The number of halogens is 2. The maximum Gasteiger partial charge on any atom is 0.238 e. The first-order valence-electron chi connectivity index (χ1n) is 6.36. The van der Waals surface area contributed by atoms with Crippen LogP contribution in [0.4, 0.5) is 8.78 Å². The van der Waals surface area contributed by atoms with Crippen LogP contribution in [-0.2, 0) is 14.6 Å². The second kappa shape index (κ2) is 5.69. The summed E-state index contributed by atoms with van der Waals surface area (Å²) in [6.45, 7) is 1.64. The van der Waals surface area contributed by atoms with Crippen molar-refractivity contribution < 1.29 is 22.0 Å². The first-order chi connectivity index (χ1) is 9.69. The zero-order chi connectivity index (χ0) is 15.8. The molecule has 2 rings (SSSR count). The molecule has 21 heavy (non-hydrogen) atoms. The normalized spacial score (nSPS) is 20.9. The van der Waals surface area contributed by atoms with Gasteiger partial charge < -0.3 is 4.90 Å². The van der Waals surface area contributed by atoms with E-state index >= 15 is 0 Å². The summed E-state index contributed by atoms with van der Waals surface area (Å²) in [4.78, 5) is 13.3. The van der Waals surface area contributed by atoms with Gasteiger partial charge in [0.05, 0.1) is 12.3 Å². The van der Waals surface area contributed by atoms with E-state index in [4.69, 9.17) is 0 Å². The zero-order valence-corrected chi connectivity index (χ0v) is 12.5. The van der Waals surface area contributed by atoms with Crippen molar-refractivity contribution in [3.8, 4) is 0 Å². The minimum atomic E-state index is -3.26. The molecule has 1 heterocycles. The third kappa shape index (κ3) is 3.56. The van der Waals surface area contributed by atoms with Crippen LogP contribution in [0.2, 0.25) is 0 Å². The molecule has 2 atom stereocenters. The summed E-state index contributed by atoms with van der Waals surface area (Å²) >= 11 is 0. The predicted molar refractivity (Wildman–Crippen MR) is 73.1 cm³/mol. The number of benzene rings is 1. The fourth-order valence-electron chi connectivity index (χ4n) is 2.50. The largest absolute Gasteiger partial charge is 0.318 e. The highest BCUT2D eigenvalue weighted by atomic mass is 32.2. The molecule has 5 nitrogen and oxygen atoms in total. The molecule has 1 aliphatic heterocycles. The number of sulfone groups is 1. The number of rotatable bonds is 4. The van der Waals surface area contributed by atoms with Gasteiger partial charge in [0.25, 0.3) is 0 Å². The van der Waals surface area contributed by atoms with Crippen molar-refractivity contribution in [1.29, 1.82) is 0 Å². The van der Waals surface area contributed by atoms with Gasteiger partial charge in [0.15, 0.2) is 11.6 Å². The Morgan fingerprint density at radius 1 is 1.38 bits per heavy atom. The highest BCUT2D eigenvalue weighted by Crippen LogP contribution is 2.26. The molecule has 1 aromatic rings. The molecule has 116 valence electrons. The smallest absolute Gasteiger partial charge is 0.238 e. The minimum Gasteiger partial charge on any atom is -0.318 e. The first-order valence-corrected chi connectivity index (χ1v) is 8.42. The number of hydrogen-bond donors (Lipinski definition) is 1. The quantitative estimate of drug-likeness (QED) is 0.893. The van der Waals surface area contributed by atoms with E-state index in [-0.39, 0.29) is 18.2 Å². The summed E-state index contributed by atoms with van der Waals surface area (Å²) in [6, 6.07) is 2.79. The second-order valence-electron chi connectivity index (χ2n) is 5.20. The first kappa shape index (κ1) is 15.8. The summed E-state index contributed by atoms with van der Waals surface area (Å²) in [5.74, 6) is -2.45. The van der Waals surface area contributed by atoms with E-state index in [1.165, 1.54) is 11.0 Å². The Kier molecular flexibility index (Phi) is 4.29. The monoisotopic (exact) mass is 318 g/mol. The molecule has 2 unspecified atom stereocenters. The van der Waals surface area contributed by atoms with Gasteiger partial charge in [-0.2, -0.15) is 0 Å². The molecule has 1 N–H and O–H groups in total. The fourth-order valence-corrected chi connectivity index (χ4v) is 3.53. The topological polar surface area (TPSA) is 66.5 Å². The Bertz CT molecular complexity index is 663. The van der Waals surface area contributed by atoms with E-state index in [0.717, 1.165) is 18.4 Å². The van der Waals surface area contributed by atoms with Crippen LogP contribution in [-0.4, -0.2) is 43.8 Å². The van der Waals surface area contributed by atoms with Crippen molar-refractivity contribution in [1.82, 2.24) is 10.2 Å². The van der Waals surface area contributed by atoms with Crippen molar-refractivity contribution in [2.75, 3.05) is 18.6 Å². The molecule has 0 aromatic heterocycles. The van der Waals surface area contributed by atoms with Gasteiger partial charge in [-0.15, -0.1) is 0 Å². The standard InChI is InChI=1S/C13H16F2N2O3S/c1-8(7-21(2,19)20)17-12(18)6-16-13(17)9-3-4-10(14)11(15)5-9/h3-5,8,13,16H,6-7H2,1-2H3. The molecule has 0 spiro atoms. The molecule has 0 bridgehead atoms. The lowest BCUT2D eigenvalue weighted by Crippen LogP contribution is -2.41. The Hall–Kier alpha value is -1.54. The Balaban J connectivity index is 2.29. The summed E-state index contributed by atoms with van der Waals surface area (Å²) in [5.41, 5.74) is 0.375. The number of amides is 1. The predicted octanol–water partition coefficient (Wildman–Crippen LogP) is 0.828. The average molecular weight is 318 g/mol. The minimum absolute atomic E-state index is 0.0256. The summed E-state index contributed by atoms with van der Waals surface area (Å²) in [6.07, 6.45) is 0.425. The molecule has 0 aliphatic carbocycles. The van der Waals surface area contributed by atoms with Crippen molar-refractivity contribution in [3.05, 3.63) is 35.4 Å². The molecule has 1 aliphatic rings. The molecular formula is C13H16F2N2O3S. The lowest BCUT2D eigenvalue weighted by molar-refractivity contribution is -0.129. The van der Waals surface area contributed by atoms with Gasteiger partial charge >= 0.3 is 0 Å². The lowest BCUT2D eigenvalue weighted by Gasteiger charge is -2.30. The Morgan fingerprint density at radius 2 is 2.05 bits per heavy atom. The van der Waals surface area contributed by atoms with Gasteiger partial charge in [-0.25, -0.2) is 17.2 Å². The Morgan fingerprint density at radius 3 is 2.62 bits per heavy atom. The van der Waals surface area contributed by atoms with E-state index in [9.17, 15) is 22.0 Å². The third-order valence-corrected chi connectivity index (χ3v) is 4.38. The number of hydrogen-bond acceptors (Lipinski definition) is 4. The molecule has 1 aromatic carbocycles. The molecule has 1 saturated heterocycles. The van der Waals surface area contributed by atoms with Gasteiger partial charge in [-0.3, -0.25) is 10.1 Å². The van der Waals surface area contributed by atoms with Crippen molar-refractivity contribution in [2.45, 2.75) is 19.1 Å². The molecule has 1 fully saturated rings. The van der Waals surface area contributed by atoms with E-state index in [0.29, 0.717) is 5.56 Å². The molecule has 1 amide bonds. The lowest BCUT2D eigenvalue weighted by atomic mass is 10.1. The average Bonchev–Trinajstić information content (AvgIpc) is 2.72. The Labute approximate surface area is 121 Å². The van der Waals surface area contributed by atoms with Crippen LogP contribution >= 0.6 is 0 Å². The van der Waals surface area contributed by atoms with Gasteiger partial charge in [0.2, 0.25) is 5.91 Å². The number of nitrogens with one attached hydrogen (secondary N) is 1. The van der Waals surface area contributed by atoms with Crippen LogP contribution in [0.3, 0.4) is 0 Å². The van der Waals surface area contributed by atoms with Crippen molar-refractivity contribution in [2.24, 2.45) is 0 Å². The van der Waals surface area contributed by atoms with Crippen LogP contribution in [0, 0.1) is 11.6 Å². The van der Waals surface area contributed by atoms with E-state index in [1.54, 1.807) is 6.92 Å². The molecule has 8 heteroatoms. The maximum absolute atomic E-state index is 13.3. The maximum atomic E-state index is 13.3. The third-order valence-electron chi connectivity index (χ3n) is 3.29.